The molecule has 0 fully saturated rings. The number of aliphatic carboxylic acids is 1. The van der Waals surface area contributed by atoms with Gasteiger partial charge in [-0.3, -0.25) is 4.68 Å². The molecule has 2 aromatic carbocycles. The highest BCUT2D eigenvalue weighted by Crippen LogP contribution is 2.37. The highest BCUT2D eigenvalue weighted by molar-refractivity contribution is 6.30. The van der Waals surface area contributed by atoms with Gasteiger partial charge in [-0.2, -0.15) is 5.10 Å². The second-order valence-corrected chi connectivity index (χ2v) is 9.16. The van der Waals surface area contributed by atoms with Gasteiger partial charge in [-0.15, -0.1) is 0 Å². The van der Waals surface area contributed by atoms with Gasteiger partial charge in [0.1, 0.15) is 17.2 Å². The summed E-state index contributed by atoms with van der Waals surface area (Å²) in [5, 5.41) is 17.4. The number of carbonyl (C=O) groups excluding carboxylic acids is 1. The van der Waals surface area contributed by atoms with Crippen molar-refractivity contribution in [1.82, 2.24) is 9.78 Å². The number of aryl methyl sites for hydroxylation is 1. The molecule has 0 bridgehead atoms. The lowest BCUT2D eigenvalue weighted by atomic mass is 9.98. The number of aromatic nitrogens is 2. The van der Waals surface area contributed by atoms with Crippen molar-refractivity contribution in [1.29, 1.82) is 0 Å². The standard InChI is InChI=1S/C28H31ClN2O6/c1-4-5-9-31-27(23-7-6-22(29)15-26(23)37-17-34-2)21(16-30-31)12-20(28(32)33)11-19-14-25-18(8-10-36-25)13-24(19)35-3/h6-7,12-16H,4-5,8-11,17H2,1-3H3,(H,32,33)/p-1/b20-12+. The van der Waals surface area contributed by atoms with Crippen molar-refractivity contribution >= 4 is 23.6 Å². The number of hydrogen-bond donors (Lipinski definition) is 0. The van der Waals surface area contributed by atoms with E-state index in [1.807, 2.05) is 22.9 Å². The number of carboxylic acid groups (broad SMARTS) is 1. The quantitative estimate of drug-likeness (QED) is 0.257. The van der Waals surface area contributed by atoms with Gasteiger partial charge in [-0.05, 0) is 48.4 Å². The fourth-order valence-corrected chi connectivity index (χ4v) is 4.52. The number of carboxylic acids is 1. The van der Waals surface area contributed by atoms with Crippen molar-refractivity contribution in [3.05, 3.63) is 63.8 Å². The van der Waals surface area contributed by atoms with Gasteiger partial charge in [-0.25, -0.2) is 0 Å². The van der Waals surface area contributed by atoms with Crippen molar-refractivity contribution in [2.24, 2.45) is 0 Å². The molecule has 0 amide bonds. The molecule has 37 heavy (non-hydrogen) atoms. The van der Waals surface area contributed by atoms with Crippen molar-refractivity contribution in [2.45, 2.75) is 39.2 Å². The maximum Gasteiger partial charge on any atom is 0.188 e. The lowest BCUT2D eigenvalue weighted by molar-refractivity contribution is -0.299. The molecule has 0 saturated heterocycles. The van der Waals surface area contributed by atoms with Gasteiger partial charge in [0, 0.05) is 53.8 Å². The topological polar surface area (TPSA) is 94.9 Å². The molecule has 0 unspecified atom stereocenters. The van der Waals surface area contributed by atoms with E-state index in [-0.39, 0.29) is 18.8 Å². The number of nitrogens with zero attached hydrogens (tertiary/aromatic N) is 2. The van der Waals surface area contributed by atoms with Gasteiger partial charge >= 0.3 is 0 Å². The lowest BCUT2D eigenvalue weighted by Gasteiger charge is -2.16. The molecule has 0 N–H and O–H groups in total. The number of unbranched alkanes of at least 4 members (excludes halogenated alkanes) is 1. The molecule has 1 aliphatic rings. The van der Waals surface area contributed by atoms with Crippen LogP contribution in [0.5, 0.6) is 17.2 Å². The Morgan fingerprint density at radius 3 is 2.81 bits per heavy atom. The van der Waals surface area contributed by atoms with Gasteiger partial charge in [0.2, 0.25) is 0 Å². The number of halogens is 1. The molecule has 1 aliphatic heterocycles. The van der Waals surface area contributed by atoms with Gasteiger partial charge in [0.15, 0.2) is 6.79 Å². The maximum atomic E-state index is 12.3. The summed E-state index contributed by atoms with van der Waals surface area (Å²) >= 11 is 6.24. The Kier molecular flexibility index (Phi) is 8.74. The molecular formula is C28H30ClN2O6-. The molecule has 3 aromatic rings. The Balaban J connectivity index is 1.80. The number of hydrogen-bond acceptors (Lipinski definition) is 7. The third kappa shape index (κ3) is 6.09. The zero-order valence-corrected chi connectivity index (χ0v) is 22.0. The van der Waals surface area contributed by atoms with Crippen LogP contribution in [0.1, 0.15) is 36.5 Å². The van der Waals surface area contributed by atoms with E-state index >= 15 is 0 Å². The summed E-state index contributed by atoms with van der Waals surface area (Å²) < 4.78 is 24.0. The molecule has 0 radical (unpaired) electrons. The third-order valence-corrected chi connectivity index (χ3v) is 6.42. The van der Waals surface area contributed by atoms with Crippen molar-refractivity contribution in [3.63, 3.8) is 0 Å². The van der Waals surface area contributed by atoms with Crippen molar-refractivity contribution < 1.29 is 28.8 Å². The second kappa shape index (κ2) is 12.2. The summed E-state index contributed by atoms with van der Waals surface area (Å²) in [6, 6.07) is 9.06. The molecule has 0 atom stereocenters. The van der Waals surface area contributed by atoms with Crippen LogP contribution in [0.15, 0.2) is 42.1 Å². The van der Waals surface area contributed by atoms with E-state index in [4.69, 9.17) is 30.5 Å². The first-order chi connectivity index (χ1) is 17.9. The van der Waals surface area contributed by atoms with Crippen LogP contribution in [-0.2, 0) is 28.9 Å². The molecule has 0 aliphatic carbocycles. The molecule has 2 heterocycles. The van der Waals surface area contributed by atoms with E-state index in [1.54, 1.807) is 31.5 Å². The maximum absolute atomic E-state index is 12.3. The van der Waals surface area contributed by atoms with Crippen LogP contribution in [0.3, 0.4) is 0 Å². The zero-order chi connectivity index (χ0) is 26.4. The van der Waals surface area contributed by atoms with Gasteiger partial charge < -0.3 is 28.8 Å². The average Bonchev–Trinajstić information content (AvgIpc) is 3.51. The zero-order valence-electron chi connectivity index (χ0n) is 21.2. The minimum absolute atomic E-state index is 0.0338. The summed E-state index contributed by atoms with van der Waals surface area (Å²) in [5.74, 6) is 0.600. The van der Waals surface area contributed by atoms with E-state index in [0.717, 1.165) is 41.8 Å². The van der Waals surface area contributed by atoms with Crippen molar-refractivity contribution in [2.75, 3.05) is 27.6 Å². The predicted molar refractivity (Wildman–Crippen MR) is 139 cm³/mol. The second-order valence-electron chi connectivity index (χ2n) is 8.72. The number of methoxy groups -OCH3 is 2. The van der Waals surface area contributed by atoms with Crippen LogP contribution < -0.4 is 19.3 Å². The van der Waals surface area contributed by atoms with E-state index < -0.39 is 5.97 Å². The Morgan fingerprint density at radius 1 is 1.24 bits per heavy atom. The largest absolute Gasteiger partial charge is 0.545 e. The van der Waals surface area contributed by atoms with Gasteiger partial charge in [0.25, 0.3) is 0 Å². The summed E-state index contributed by atoms with van der Waals surface area (Å²) in [6.45, 7) is 3.38. The minimum atomic E-state index is -1.28. The first kappa shape index (κ1) is 26.6. The minimum Gasteiger partial charge on any atom is -0.545 e. The van der Waals surface area contributed by atoms with Crippen molar-refractivity contribution in [3.8, 4) is 28.5 Å². The van der Waals surface area contributed by atoms with Crippen LogP contribution in [0.2, 0.25) is 5.02 Å². The smallest absolute Gasteiger partial charge is 0.188 e. The van der Waals surface area contributed by atoms with E-state index in [9.17, 15) is 9.90 Å². The highest BCUT2D eigenvalue weighted by Gasteiger charge is 2.20. The summed E-state index contributed by atoms with van der Waals surface area (Å²) in [6.07, 6.45) is 6.02. The predicted octanol–water partition coefficient (Wildman–Crippen LogP) is 4.31. The van der Waals surface area contributed by atoms with E-state index in [1.165, 1.54) is 7.11 Å². The highest BCUT2D eigenvalue weighted by atomic mass is 35.5. The Morgan fingerprint density at radius 2 is 2.08 bits per heavy atom. The average molecular weight is 526 g/mol. The Hall–Kier alpha value is -3.49. The van der Waals surface area contributed by atoms with Crippen LogP contribution in [-0.4, -0.2) is 43.4 Å². The number of fused-ring (bicyclic) bond motifs is 1. The number of rotatable bonds is 12. The lowest BCUT2D eigenvalue weighted by Crippen LogP contribution is -2.25. The first-order valence-electron chi connectivity index (χ1n) is 12.2. The van der Waals surface area contributed by atoms with Gasteiger partial charge in [0.05, 0.1) is 31.6 Å². The van der Waals surface area contributed by atoms with E-state index in [0.29, 0.717) is 40.8 Å². The number of benzene rings is 2. The van der Waals surface area contributed by atoms with Crippen LogP contribution >= 0.6 is 11.6 Å². The van der Waals surface area contributed by atoms with Crippen LogP contribution in [0.25, 0.3) is 17.3 Å². The Labute approximate surface area is 221 Å². The Bertz CT molecular complexity index is 1300. The third-order valence-electron chi connectivity index (χ3n) is 6.19. The van der Waals surface area contributed by atoms with Crippen LogP contribution in [0, 0.1) is 0 Å². The first-order valence-corrected chi connectivity index (χ1v) is 12.5. The fourth-order valence-electron chi connectivity index (χ4n) is 4.36. The molecule has 196 valence electrons. The fraction of sp³-hybridized carbons (Fsp3) is 0.357. The molecule has 0 saturated carbocycles. The SMILES string of the molecule is CCCCn1ncc(/C=C(\Cc2cc3c(cc2OC)CCO3)C(=O)[O-])c1-c1ccc(Cl)cc1OCOC. The van der Waals surface area contributed by atoms with Gasteiger partial charge in [-0.1, -0.05) is 24.9 Å². The van der Waals surface area contributed by atoms with Crippen LogP contribution in [0.4, 0.5) is 0 Å². The molecule has 0 spiro atoms. The summed E-state index contributed by atoms with van der Waals surface area (Å²) in [4.78, 5) is 12.3. The number of carbonyl (C=O) groups is 1. The molecule has 8 nitrogen and oxygen atoms in total. The molecule has 9 heteroatoms. The monoisotopic (exact) mass is 525 g/mol. The molecule has 4 rings (SSSR count). The summed E-state index contributed by atoms with van der Waals surface area (Å²) in [7, 11) is 3.11. The summed E-state index contributed by atoms with van der Waals surface area (Å²) in [5.41, 5.74) is 3.90. The normalized spacial score (nSPS) is 12.8. The van der Waals surface area contributed by atoms with E-state index in [2.05, 4.69) is 12.0 Å². The number of ether oxygens (including phenoxy) is 4. The molecular weight excluding hydrogens is 496 g/mol. The molecule has 1 aromatic heterocycles.